The van der Waals surface area contributed by atoms with Crippen LogP contribution in [0, 0.1) is 0 Å². The minimum atomic E-state index is -0.903. The van der Waals surface area contributed by atoms with Gasteiger partial charge in [0, 0.05) is 10.5 Å². The van der Waals surface area contributed by atoms with E-state index in [1.54, 1.807) is 25.1 Å². The SMILES string of the molecule is C/C(=C/c1ccc(Cl)s1)C(=O)O. The van der Waals surface area contributed by atoms with Crippen molar-refractivity contribution in [3.05, 3.63) is 26.9 Å². The first-order valence-corrected chi connectivity index (χ1v) is 4.46. The molecule has 0 spiro atoms. The normalized spacial score (nSPS) is 11.7. The highest BCUT2D eigenvalue weighted by Crippen LogP contribution is 2.23. The molecule has 1 aromatic rings. The molecule has 64 valence electrons. The predicted octanol–water partition coefficient (Wildman–Crippen LogP) is 2.89. The van der Waals surface area contributed by atoms with Crippen LogP contribution < -0.4 is 0 Å². The number of hydrogen-bond acceptors (Lipinski definition) is 2. The number of aliphatic carboxylic acids is 1. The van der Waals surface area contributed by atoms with E-state index in [9.17, 15) is 4.79 Å². The third kappa shape index (κ3) is 2.36. The van der Waals surface area contributed by atoms with Gasteiger partial charge in [0.2, 0.25) is 0 Å². The quantitative estimate of drug-likeness (QED) is 0.749. The summed E-state index contributed by atoms with van der Waals surface area (Å²) in [6.45, 7) is 1.55. The van der Waals surface area contributed by atoms with Crippen LogP contribution in [0.4, 0.5) is 0 Å². The van der Waals surface area contributed by atoms with Crippen molar-refractivity contribution < 1.29 is 9.90 Å². The average molecular weight is 203 g/mol. The third-order valence-electron chi connectivity index (χ3n) is 1.29. The zero-order valence-electron chi connectivity index (χ0n) is 6.37. The van der Waals surface area contributed by atoms with E-state index in [4.69, 9.17) is 16.7 Å². The van der Waals surface area contributed by atoms with Gasteiger partial charge in [-0.25, -0.2) is 4.79 Å². The minimum absolute atomic E-state index is 0.313. The Hall–Kier alpha value is -0.800. The van der Waals surface area contributed by atoms with Crippen LogP contribution in [-0.2, 0) is 4.79 Å². The van der Waals surface area contributed by atoms with Crippen LogP contribution in [0.15, 0.2) is 17.7 Å². The Morgan fingerprint density at radius 1 is 1.67 bits per heavy atom. The lowest BCUT2D eigenvalue weighted by Gasteiger charge is -1.89. The highest BCUT2D eigenvalue weighted by Gasteiger charge is 2.00. The smallest absolute Gasteiger partial charge is 0.331 e. The van der Waals surface area contributed by atoms with Crippen molar-refractivity contribution in [2.24, 2.45) is 0 Å². The number of carboxylic acid groups (broad SMARTS) is 1. The fourth-order valence-electron chi connectivity index (χ4n) is 0.681. The summed E-state index contributed by atoms with van der Waals surface area (Å²) in [5.41, 5.74) is 0.313. The predicted molar refractivity (Wildman–Crippen MR) is 50.6 cm³/mol. The van der Waals surface area contributed by atoms with Crippen LogP contribution in [0.3, 0.4) is 0 Å². The molecule has 0 fully saturated rings. The summed E-state index contributed by atoms with van der Waals surface area (Å²) in [4.78, 5) is 11.3. The summed E-state index contributed by atoms with van der Waals surface area (Å²) in [5, 5.41) is 8.55. The van der Waals surface area contributed by atoms with E-state index in [0.29, 0.717) is 9.91 Å². The van der Waals surface area contributed by atoms with Crippen molar-refractivity contribution in [3.8, 4) is 0 Å². The highest BCUT2D eigenvalue weighted by atomic mass is 35.5. The Balaban J connectivity index is 2.87. The van der Waals surface area contributed by atoms with Gasteiger partial charge >= 0.3 is 5.97 Å². The first-order valence-electron chi connectivity index (χ1n) is 3.26. The molecule has 0 bridgehead atoms. The molecule has 0 aliphatic carbocycles. The van der Waals surface area contributed by atoms with Crippen LogP contribution in [0.2, 0.25) is 4.34 Å². The second kappa shape index (κ2) is 3.74. The van der Waals surface area contributed by atoms with Crippen molar-refractivity contribution in [3.63, 3.8) is 0 Å². The molecule has 4 heteroatoms. The first kappa shape index (κ1) is 9.29. The number of hydrogen-bond donors (Lipinski definition) is 1. The van der Waals surface area contributed by atoms with Crippen molar-refractivity contribution >= 4 is 35.0 Å². The largest absolute Gasteiger partial charge is 0.478 e. The third-order valence-corrected chi connectivity index (χ3v) is 2.47. The lowest BCUT2D eigenvalue weighted by Crippen LogP contribution is -1.94. The maximum absolute atomic E-state index is 10.4. The zero-order valence-corrected chi connectivity index (χ0v) is 7.95. The molecule has 0 saturated carbocycles. The van der Waals surface area contributed by atoms with Gasteiger partial charge in [-0.3, -0.25) is 0 Å². The number of carboxylic acids is 1. The first-order chi connectivity index (χ1) is 5.59. The molecular formula is C8H7ClO2S. The van der Waals surface area contributed by atoms with Gasteiger partial charge in [0.25, 0.3) is 0 Å². The molecule has 1 rings (SSSR count). The van der Waals surface area contributed by atoms with Gasteiger partial charge in [-0.05, 0) is 25.1 Å². The van der Waals surface area contributed by atoms with Crippen LogP contribution >= 0.6 is 22.9 Å². The summed E-state index contributed by atoms with van der Waals surface area (Å²) in [6.07, 6.45) is 1.60. The molecule has 1 heterocycles. The van der Waals surface area contributed by atoms with Crippen molar-refractivity contribution in [2.75, 3.05) is 0 Å². The zero-order chi connectivity index (χ0) is 9.14. The lowest BCUT2D eigenvalue weighted by molar-refractivity contribution is -0.132. The summed E-state index contributed by atoms with van der Waals surface area (Å²) in [7, 11) is 0. The highest BCUT2D eigenvalue weighted by molar-refractivity contribution is 7.17. The summed E-state index contributed by atoms with van der Waals surface area (Å²) in [6, 6.07) is 3.53. The lowest BCUT2D eigenvalue weighted by atomic mass is 10.2. The second-order valence-electron chi connectivity index (χ2n) is 2.27. The van der Waals surface area contributed by atoms with Gasteiger partial charge in [0.1, 0.15) is 0 Å². The fourth-order valence-corrected chi connectivity index (χ4v) is 1.74. The molecule has 12 heavy (non-hydrogen) atoms. The molecule has 0 radical (unpaired) electrons. The monoisotopic (exact) mass is 202 g/mol. The van der Waals surface area contributed by atoms with Gasteiger partial charge in [-0.2, -0.15) is 0 Å². The molecular weight excluding hydrogens is 196 g/mol. The summed E-state index contributed by atoms with van der Waals surface area (Å²) in [5.74, 6) is -0.903. The minimum Gasteiger partial charge on any atom is -0.478 e. The molecule has 2 nitrogen and oxygen atoms in total. The van der Waals surface area contributed by atoms with E-state index < -0.39 is 5.97 Å². The Morgan fingerprint density at radius 3 is 2.75 bits per heavy atom. The van der Waals surface area contributed by atoms with Crippen molar-refractivity contribution in [1.82, 2.24) is 0 Å². The summed E-state index contributed by atoms with van der Waals surface area (Å²) < 4.78 is 0.666. The fraction of sp³-hybridized carbons (Fsp3) is 0.125. The van der Waals surface area contributed by atoms with E-state index in [1.165, 1.54) is 11.3 Å². The Kier molecular flexibility index (Phi) is 2.89. The number of carbonyl (C=O) groups is 1. The van der Waals surface area contributed by atoms with Crippen LogP contribution in [0.1, 0.15) is 11.8 Å². The molecule has 0 aromatic carbocycles. The molecule has 1 aromatic heterocycles. The number of rotatable bonds is 2. The van der Waals surface area contributed by atoms with Crippen LogP contribution in [0.25, 0.3) is 6.08 Å². The van der Waals surface area contributed by atoms with Gasteiger partial charge in [0.15, 0.2) is 0 Å². The van der Waals surface area contributed by atoms with Crippen LogP contribution in [0.5, 0.6) is 0 Å². The number of halogens is 1. The Bertz CT molecular complexity index is 328. The molecule has 1 N–H and O–H groups in total. The van der Waals surface area contributed by atoms with Gasteiger partial charge in [0.05, 0.1) is 4.34 Å². The molecule has 0 aliphatic rings. The van der Waals surface area contributed by atoms with Crippen LogP contribution in [-0.4, -0.2) is 11.1 Å². The molecule has 0 saturated heterocycles. The molecule has 0 aliphatic heterocycles. The van der Waals surface area contributed by atoms with Gasteiger partial charge in [-0.1, -0.05) is 11.6 Å². The van der Waals surface area contributed by atoms with E-state index in [1.807, 2.05) is 0 Å². The van der Waals surface area contributed by atoms with E-state index in [0.717, 1.165) is 4.88 Å². The van der Waals surface area contributed by atoms with Gasteiger partial charge < -0.3 is 5.11 Å². The van der Waals surface area contributed by atoms with E-state index >= 15 is 0 Å². The Morgan fingerprint density at radius 2 is 2.33 bits per heavy atom. The van der Waals surface area contributed by atoms with Crippen molar-refractivity contribution in [1.29, 1.82) is 0 Å². The summed E-state index contributed by atoms with van der Waals surface area (Å²) >= 11 is 7.02. The van der Waals surface area contributed by atoms with E-state index in [-0.39, 0.29) is 0 Å². The average Bonchev–Trinajstić information content (AvgIpc) is 2.35. The molecule has 0 amide bonds. The maximum Gasteiger partial charge on any atom is 0.331 e. The second-order valence-corrected chi connectivity index (χ2v) is 4.02. The maximum atomic E-state index is 10.4. The van der Waals surface area contributed by atoms with Crippen molar-refractivity contribution in [2.45, 2.75) is 6.92 Å². The molecule has 0 atom stereocenters. The Labute approximate surface area is 79.1 Å². The standard InChI is InChI=1S/C8H7ClO2S/c1-5(8(10)11)4-6-2-3-7(9)12-6/h2-4H,1H3,(H,10,11)/b5-4-. The van der Waals surface area contributed by atoms with Gasteiger partial charge in [-0.15, -0.1) is 11.3 Å². The van der Waals surface area contributed by atoms with E-state index in [2.05, 4.69) is 0 Å². The molecule has 0 unspecified atom stereocenters. The topological polar surface area (TPSA) is 37.3 Å². The number of thiophene rings is 1.